The molecular weight excluding hydrogens is 360 g/mol. The van der Waals surface area contributed by atoms with Crippen molar-refractivity contribution < 1.29 is 23.9 Å². The zero-order chi connectivity index (χ0) is 20.4. The number of hydrogen-bond acceptors (Lipinski definition) is 5. The minimum Gasteiger partial charge on any atom is -0.463 e. The van der Waals surface area contributed by atoms with Gasteiger partial charge in [0.2, 0.25) is 0 Å². The van der Waals surface area contributed by atoms with Gasteiger partial charge in [-0.1, -0.05) is 37.5 Å². The molecule has 1 aromatic rings. The minimum absolute atomic E-state index is 0.290. The van der Waals surface area contributed by atoms with Gasteiger partial charge >= 0.3 is 18.0 Å². The number of rotatable bonds is 10. The molecule has 0 saturated carbocycles. The average Bonchev–Trinajstić information content (AvgIpc) is 2.67. The molecule has 2 rings (SSSR count). The maximum absolute atomic E-state index is 12.2. The Kier molecular flexibility index (Phi) is 8.52. The first kappa shape index (κ1) is 21.5. The van der Waals surface area contributed by atoms with Crippen molar-refractivity contribution in [3.63, 3.8) is 0 Å². The van der Waals surface area contributed by atoms with Crippen molar-refractivity contribution in [2.45, 2.75) is 52.0 Å². The molecule has 2 amide bonds. The van der Waals surface area contributed by atoms with E-state index in [-0.39, 0.29) is 24.6 Å². The second-order valence-corrected chi connectivity index (χ2v) is 6.62. The summed E-state index contributed by atoms with van der Waals surface area (Å²) in [5.41, 5.74) is 1.58. The summed E-state index contributed by atoms with van der Waals surface area (Å²) in [5, 5.41) is 5.41. The SMILES string of the molecule is CCOC(=O)C1=C(C)NC(=O)NC1CCCCCCOC(=O)c1ccccc1. The van der Waals surface area contributed by atoms with Crippen molar-refractivity contribution in [2.75, 3.05) is 13.2 Å². The number of urea groups is 1. The highest BCUT2D eigenvalue weighted by atomic mass is 16.5. The number of esters is 2. The third kappa shape index (κ3) is 6.40. The van der Waals surface area contributed by atoms with Crippen LogP contribution in [0, 0.1) is 0 Å². The normalized spacial score (nSPS) is 16.2. The molecule has 1 aromatic carbocycles. The Balaban J connectivity index is 1.69. The fraction of sp³-hybridized carbons (Fsp3) is 0.476. The standard InChI is InChI=1S/C21H28N2O5/c1-3-27-20(25)18-15(2)22-21(26)23-17(18)13-9-4-5-10-14-28-19(24)16-11-7-6-8-12-16/h6-8,11-12,17H,3-5,9-10,13-14H2,1-2H3,(H2,22,23,26). The van der Waals surface area contributed by atoms with Gasteiger partial charge in [-0.3, -0.25) is 0 Å². The number of nitrogens with one attached hydrogen (secondary N) is 2. The predicted molar refractivity (Wildman–Crippen MR) is 105 cm³/mol. The number of carbonyl (C=O) groups excluding carboxylic acids is 3. The van der Waals surface area contributed by atoms with Crippen molar-refractivity contribution >= 4 is 18.0 Å². The van der Waals surface area contributed by atoms with Gasteiger partial charge in [0.25, 0.3) is 0 Å². The topological polar surface area (TPSA) is 93.7 Å². The van der Waals surface area contributed by atoms with Gasteiger partial charge in [-0.2, -0.15) is 0 Å². The molecular formula is C21H28N2O5. The Morgan fingerprint density at radius 2 is 1.71 bits per heavy atom. The first-order valence-corrected chi connectivity index (χ1v) is 9.70. The fourth-order valence-corrected chi connectivity index (χ4v) is 3.11. The highest BCUT2D eigenvalue weighted by molar-refractivity contribution is 5.94. The molecule has 2 N–H and O–H groups in total. The number of ether oxygens (including phenoxy) is 2. The van der Waals surface area contributed by atoms with Crippen molar-refractivity contribution in [1.82, 2.24) is 10.6 Å². The third-order valence-electron chi connectivity index (χ3n) is 4.48. The van der Waals surface area contributed by atoms with Crippen LogP contribution in [0.25, 0.3) is 0 Å². The number of amides is 2. The Morgan fingerprint density at radius 1 is 1.00 bits per heavy atom. The van der Waals surface area contributed by atoms with E-state index < -0.39 is 5.97 Å². The van der Waals surface area contributed by atoms with Crippen molar-refractivity contribution in [1.29, 1.82) is 0 Å². The predicted octanol–water partition coefficient (Wildman–Crippen LogP) is 3.31. The van der Waals surface area contributed by atoms with Gasteiger partial charge in [0.05, 0.1) is 30.4 Å². The van der Waals surface area contributed by atoms with Crippen LogP contribution in [0.1, 0.15) is 56.3 Å². The van der Waals surface area contributed by atoms with Gasteiger partial charge in [0, 0.05) is 5.70 Å². The Bertz CT molecular complexity index is 715. The zero-order valence-corrected chi connectivity index (χ0v) is 16.5. The van der Waals surface area contributed by atoms with Crippen LogP contribution in [0.5, 0.6) is 0 Å². The Morgan fingerprint density at radius 3 is 2.43 bits per heavy atom. The largest absolute Gasteiger partial charge is 0.463 e. The molecule has 0 bridgehead atoms. The van der Waals surface area contributed by atoms with E-state index in [9.17, 15) is 14.4 Å². The maximum Gasteiger partial charge on any atom is 0.338 e. The van der Waals surface area contributed by atoms with E-state index in [1.165, 1.54) is 0 Å². The molecule has 1 atom stereocenters. The summed E-state index contributed by atoms with van der Waals surface area (Å²) in [6, 6.07) is 8.27. The summed E-state index contributed by atoms with van der Waals surface area (Å²) in [7, 11) is 0. The van der Waals surface area contributed by atoms with Crippen molar-refractivity contribution in [3.8, 4) is 0 Å². The number of hydrogen-bond donors (Lipinski definition) is 2. The van der Waals surface area contributed by atoms with Gasteiger partial charge in [-0.25, -0.2) is 14.4 Å². The second-order valence-electron chi connectivity index (χ2n) is 6.62. The molecule has 7 heteroatoms. The summed E-state index contributed by atoms with van der Waals surface area (Å²) in [4.78, 5) is 35.7. The van der Waals surface area contributed by atoms with Crippen LogP contribution < -0.4 is 10.6 Å². The zero-order valence-electron chi connectivity index (χ0n) is 16.5. The van der Waals surface area contributed by atoms with Crippen LogP contribution in [0.4, 0.5) is 4.79 Å². The van der Waals surface area contributed by atoms with E-state index in [1.54, 1.807) is 38.1 Å². The second kappa shape index (κ2) is 11.1. The number of unbranched alkanes of at least 4 members (excludes halogenated alkanes) is 3. The molecule has 1 heterocycles. The molecule has 0 fully saturated rings. The van der Waals surface area contributed by atoms with Crippen LogP contribution >= 0.6 is 0 Å². The van der Waals surface area contributed by atoms with Gasteiger partial charge in [0.15, 0.2) is 0 Å². The van der Waals surface area contributed by atoms with E-state index in [2.05, 4.69) is 10.6 Å². The van der Waals surface area contributed by atoms with E-state index in [0.717, 1.165) is 25.7 Å². The molecule has 0 aliphatic carbocycles. The minimum atomic E-state index is -0.398. The summed E-state index contributed by atoms with van der Waals surface area (Å²) in [6.07, 6.45) is 4.09. The van der Waals surface area contributed by atoms with E-state index in [0.29, 0.717) is 29.9 Å². The summed E-state index contributed by atoms with van der Waals surface area (Å²) < 4.78 is 10.4. The van der Waals surface area contributed by atoms with E-state index in [1.807, 2.05) is 6.07 Å². The first-order valence-electron chi connectivity index (χ1n) is 9.70. The number of allylic oxidation sites excluding steroid dienone is 1. The summed E-state index contributed by atoms with van der Waals surface area (Å²) >= 11 is 0. The van der Waals surface area contributed by atoms with Gasteiger partial charge in [0.1, 0.15) is 0 Å². The first-order chi connectivity index (χ1) is 13.5. The summed E-state index contributed by atoms with van der Waals surface area (Å²) in [6.45, 7) is 4.13. The van der Waals surface area contributed by atoms with Crippen LogP contribution in [0.2, 0.25) is 0 Å². The maximum atomic E-state index is 12.2. The molecule has 1 unspecified atom stereocenters. The smallest absolute Gasteiger partial charge is 0.338 e. The molecule has 0 radical (unpaired) electrons. The van der Waals surface area contributed by atoms with Crippen molar-refractivity contribution in [3.05, 3.63) is 47.2 Å². The molecule has 0 aromatic heterocycles. The highest BCUT2D eigenvalue weighted by Crippen LogP contribution is 2.19. The monoisotopic (exact) mass is 388 g/mol. The molecule has 28 heavy (non-hydrogen) atoms. The lowest BCUT2D eigenvalue weighted by Gasteiger charge is -2.27. The third-order valence-corrected chi connectivity index (χ3v) is 4.48. The fourth-order valence-electron chi connectivity index (χ4n) is 3.11. The lowest BCUT2D eigenvalue weighted by molar-refractivity contribution is -0.139. The summed E-state index contributed by atoms with van der Waals surface area (Å²) in [5.74, 6) is -0.706. The lowest BCUT2D eigenvalue weighted by Crippen LogP contribution is -2.49. The van der Waals surface area contributed by atoms with Crippen LogP contribution in [0.15, 0.2) is 41.6 Å². The van der Waals surface area contributed by atoms with Gasteiger partial charge in [-0.15, -0.1) is 0 Å². The lowest BCUT2D eigenvalue weighted by atomic mass is 9.97. The van der Waals surface area contributed by atoms with Gasteiger partial charge < -0.3 is 20.1 Å². The van der Waals surface area contributed by atoms with Gasteiger partial charge in [-0.05, 0) is 38.8 Å². The molecule has 152 valence electrons. The number of carbonyl (C=O) groups is 3. The molecule has 7 nitrogen and oxygen atoms in total. The highest BCUT2D eigenvalue weighted by Gasteiger charge is 2.30. The number of benzene rings is 1. The average molecular weight is 388 g/mol. The van der Waals surface area contributed by atoms with E-state index in [4.69, 9.17) is 9.47 Å². The quantitative estimate of drug-likeness (QED) is 0.474. The Labute approximate surface area is 165 Å². The molecule has 1 aliphatic heterocycles. The molecule has 0 saturated heterocycles. The van der Waals surface area contributed by atoms with Crippen LogP contribution in [-0.2, 0) is 14.3 Å². The van der Waals surface area contributed by atoms with Crippen LogP contribution in [0.3, 0.4) is 0 Å². The molecule has 1 aliphatic rings. The molecule has 0 spiro atoms. The Hall–Kier alpha value is -2.83. The van der Waals surface area contributed by atoms with Crippen molar-refractivity contribution in [2.24, 2.45) is 0 Å². The van der Waals surface area contributed by atoms with Crippen LogP contribution in [-0.4, -0.2) is 37.2 Å². The van der Waals surface area contributed by atoms with E-state index >= 15 is 0 Å².